The fraction of sp³-hybridized carbons (Fsp3) is 0.154. The molecule has 1 N–H and O–H groups in total. The fourth-order valence-corrected chi connectivity index (χ4v) is 1.98. The molecule has 1 unspecified atom stereocenters. The van der Waals surface area contributed by atoms with Gasteiger partial charge >= 0.3 is 0 Å². The monoisotopic (exact) mass is 283 g/mol. The largest absolute Gasteiger partial charge is 0.481 e. The minimum absolute atomic E-state index is 0.461. The number of aliphatic hydroxyl groups excluding tert-OH is 1. The lowest BCUT2D eigenvalue weighted by atomic mass is 10.0. The van der Waals surface area contributed by atoms with E-state index in [4.69, 9.17) is 27.9 Å². The van der Waals surface area contributed by atoms with Gasteiger partial charge in [0.2, 0.25) is 5.88 Å². The molecule has 2 aromatic rings. The molecule has 0 fully saturated rings. The highest BCUT2D eigenvalue weighted by molar-refractivity contribution is 6.33. The Balaban J connectivity index is 2.34. The summed E-state index contributed by atoms with van der Waals surface area (Å²) in [5.74, 6) is 0.489. The van der Waals surface area contributed by atoms with Crippen LogP contribution in [0.5, 0.6) is 5.88 Å². The summed E-state index contributed by atoms with van der Waals surface area (Å²) in [5.41, 5.74) is 1.18. The van der Waals surface area contributed by atoms with Gasteiger partial charge in [-0.1, -0.05) is 23.2 Å². The normalized spacial score (nSPS) is 12.2. The van der Waals surface area contributed by atoms with Crippen LogP contribution in [0.4, 0.5) is 0 Å². The molecule has 3 nitrogen and oxygen atoms in total. The van der Waals surface area contributed by atoms with Gasteiger partial charge in [-0.25, -0.2) is 4.98 Å². The summed E-state index contributed by atoms with van der Waals surface area (Å²) in [5, 5.41) is 11.2. The Bertz CT molecular complexity index is 543. The first kappa shape index (κ1) is 13.1. The lowest BCUT2D eigenvalue weighted by molar-refractivity contribution is 0.219. The molecule has 94 valence electrons. The van der Waals surface area contributed by atoms with Gasteiger partial charge in [0, 0.05) is 33.4 Å². The third-order valence-electron chi connectivity index (χ3n) is 2.54. The van der Waals surface area contributed by atoms with E-state index in [2.05, 4.69) is 4.98 Å². The Hall–Kier alpha value is -1.29. The molecule has 1 aromatic carbocycles. The lowest BCUT2D eigenvalue weighted by Gasteiger charge is -2.13. The standard InChI is InChI=1S/C13H11Cl2NO2/c1-18-12-5-2-8(7-16-12)13(17)10-6-9(14)3-4-11(10)15/h2-7,13,17H,1H3. The van der Waals surface area contributed by atoms with E-state index in [1.807, 2.05) is 0 Å². The van der Waals surface area contributed by atoms with Crippen molar-refractivity contribution in [2.45, 2.75) is 6.10 Å². The number of halogens is 2. The third-order valence-corrected chi connectivity index (χ3v) is 3.12. The molecule has 5 heteroatoms. The number of aromatic nitrogens is 1. The summed E-state index contributed by atoms with van der Waals surface area (Å²) in [4.78, 5) is 4.04. The highest BCUT2D eigenvalue weighted by atomic mass is 35.5. The molecule has 1 heterocycles. The van der Waals surface area contributed by atoms with E-state index < -0.39 is 6.10 Å². The minimum Gasteiger partial charge on any atom is -0.481 e. The number of ether oxygens (including phenoxy) is 1. The Morgan fingerprint density at radius 2 is 2.00 bits per heavy atom. The Labute approximate surface area is 115 Å². The topological polar surface area (TPSA) is 42.4 Å². The Kier molecular flexibility index (Phi) is 4.07. The van der Waals surface area contributed by atoms with Crippen molar-refractivity contribution >= 4 is 23.2 Å². The molecular weight excluding hydrogens is 273 g/mol. The second-order valence-electron chi connectivity index (χ2n) is 3.70. The van der Waals surface area contributed by atoms with Crippen LogP contribution in [0.15, 0.2) is 36.5 Å². The van der Waals surface area contributed by atoms with Crippen LogP contribution < -0.4 is 4.74 Å². The molecule has 18 heavy (non-hydrogen) atoms. The molecule has 0 aliphatic carbocycles. The van der Waals surface area contributed by atoms with Gasteiger partial charge in [-0.15, -0.1) is 0 Å². The van der Waals surface area contributed by atoms with Gasteiger partial charge in [-0.2, -0.15) is 0 Å². The van der Waals surface area contributed by atoms with Gasteiger partial charge in [0.25, 0.3) is 0 Å². The van der Waals surface area contributed by atoms with Crippen LogP contribution in [0, 0.1) is 0 Å². The highest BCUT2D eigenvalue weighted by Crippen LogP contribution is 2.30. The molecule has 0 saturated carbocycles. The van der Waals surface area contributed by atoms with E-state index in [-0.39, 0.29) is 0 Å². The second-order valence-corrected chi connectivity index (χ2v) is 4.55. The summed E-state index contributed by atoms with van der Waals surface area (Å²) in [7, 11) is 1.53. The van der Waals surface area contributed by atoms with Crippen LogP contribution in [0.1, 0.15) is 17.2 Å². The molecule has 2 rings (SSSR count). The number of pyridine rings is 1. The Morgan fingerprint density at radius 3 is 2.61 bits per heavy atom. The van der Waals surface area contributed by atoms with Crippen molar-refractivity contribution in [2.24, 2.45) is 0 Å². The van der Waals surface area contributed by atoms with Crippen molar-refractivity contribution in [3.8, 4) is 5.88 Å². The Morgan fingerprint density at radius 1 is 1.22 bits per heavy atom. The SMILES string of the molecule is COc1ccc(C(O)c2cc(Cl)ccc2Cl)cn1. The maximum absolute atomic E-state index is 10.2. The highest BCUT2D eigenvalue weighted by Gasteiger charge is 2.15. The average Bonchev–Trinajstić information content (AvgIpc) is 2.41. The first-order valence-electron chi connectivity index (χ1n) is 5.25. The maximum atomic E-state index is 10.2. The number of hydrogen-bond donors (Lipinski definition) is 1. The fourth-order valence-electron chi connectivity index (χ4n) is 1.58. The van der Waals surface area contributed by atoms with Crippen molar-refractivity contribution < 1.29 is 9.84 Å². The quantitative estimate of drug-likeness (QED) is 0.938. The molecule has 0 aliphatic heterocycles. The molecule has 1 atom stereocenters. The van der Waals surface area contributed by atoms with Crippen molar-refractivity contribution in [3.63, 3.8) is 0 Å². The second kappa shape index (κ2) is 5.57. The summed E-state index contributed by atoms with van der Waals surface area (Å²) in [6.45, 7) is 0. The summed E-state index contributed by atoms with van der Waals surface area (Å²) >= 11 is 11.9. The van der Waals surface area contributed by atoms with Gasteiger partial charge in [0.15, 0.2) is 0 Å². The van der Waals surface area contributed by atoms with Crippen molar-refractivity contribution in [1.82, 2.24) is 4.98 Å². The molecule has 0 spiro atoms. The van der Waals surface area contributed by atoms with E-state index in [0.717, 1.165) is 0 Å². The number of benzene rings is 1. The summed E-state index contributed by atoms with van der Waals surface area (Å²) < 4.78 is 4.96. The van der Waals surface area contributed by atoms with Gasteiger partial charge < -0.3 is 9.84 Å². The minimum atomic E-state index is -0.866. The number of nitrogens with zero attached hydrogens (tertiary/aromatic N) is 1. The summed E-state index contributed by atoms with van der Waals surface area (Å²) in [6.07, 6.45) is 0.676. The van der Waals surface area contributed by atoms with Gasteiger partial charge in [-0.05, 0) is 24.3 Å². The van der Waals surface area contributed by atoms with Crippen LogP contribution in [0.25, 0.3) is 0 Å². The first-order chi connectivity index (χ1) is 8.61. The molecule has 0 saturated heterocycles. The molecule has 0 aliphatic rings. The van der Waals surface area contributed by atoms with E-state index in [1.54, 1.807) is 36.5 Å². The zero-order valence-corrected chi connectivity index (χ0v) is 11.1. The van der Waals surface area contributed by atoms with Gasteiger partial charge in [0.1, 0.15) is 6.10 Å². The molecular formula is C13H11Cl2NO2. The van der Waals surface area contributed by atoms with Gasteiger partial charge in [-0.3, -0.25) is 0 Å². The summed E-state index contributed by atoms with van der Waals surface area (Å²) in [6, 6.07) is 8.37. The number of hydrogen-bond acceptors (Lipinski definition) is 3. The van der Waals surface area contributed by atoms with E-state index in [0.29, 0.717) is 27.1 Å². The van der Waals surface area contributed by atoms with Crippen molar-refractivity contribution in [1.29, 1.82) is 0 Å². The third kappa shape index (κ3) is 2.75. The van der Waals surface area contributed by atoms with Crippen LogP contribution in [-0.4, -0.2) is 17.2 Å². The smallest absolute Gasteiger partial charge is 0.212 e. The molecule has 0 amide bonds. The zero-order chi connectivity index (χ0) is 13.1. The predicted octanol–water partition coefficient (Wildman–Crippen LogP) is 3.48. The van der Waals surface area contributed by atoms with E-state index in [1.165, 1.54) is 7.11 Å². The lowest BCUT2D eigenvalue weighted by Crippen LogP contribution is -2.01. The van der Waals surface area contributed by atoms with Crippen LogP contribution in [0.2, 0.25) is 10.0 Å². The zero-order valence-electron chi connectivity index (χ0n) is 9.60. The maximum Gasteiger partial charge on any atom is 0.212 e. The molecule has 0 radical (unpaired) electrons. The van der Waals surface area contributed by atoms with Crippen LogP contribution in [-0.2, 0) is 0 Å². The number of methoxy groups -OCH3 is 1. The molecule has 1 aromatic heterocycles. The van der Waals surface area contributed by atoms with E-state index in [9.17, 15) is 5.11 Å². The number of rotatable bonds is 3. The van der Waals surface area contributed by atoms with Gasteiger partial charge in [0.05, 0.1) is 7.11 Å². The first-order valence-corrected chi connectivity index (χ1v) is 6.00. The average molecular weight is 284 g/mol. The van der Waals surface area contributed by atoms with Crippen LogP contribution in [0.3, 0.4) is 0 Å². The number of aliphatic hydroxyl groups is 1. The predicted molar refractivity (Wildman–Crippen MR) is 71.3 cm³/mol. The molecule has 0 bridgehead atoms. The van der Waals surface area contributed by atoms with Crippen LogP contribution >= 0.6 is 23.2 Å². The van der Waals surface area contributed by atoms with Crippen molar-refractivity contribution in [3.05, 3.63) is 57.7 Å². The van der Waals surface area contributed by atoms with Crippen molar-refractivity contribution in [2.75, 3.05) is 7.11 Å². The van der Waals surface area contributed by atoms with E-state index >= 15 is 0 Å².